The van der Waals surface area contributed by atoms with Gasteiger partial charge in [-0.3, -0.25) is 9.80 Å². The summed E-state index contributed by atoms with van der Waals surface area (Å²) in [5, 5.41) is 0. The zero-order chi connectivity index (χ0) is 14.5. The molecule has 1 aromatic carbocycles. The van der Waals surface area contributed by atoms with Crippen LogP contribution in [0.15, 0.2) is 24.3 Å². The lowest BCUT2D eigenvalue weighted by molar-refractivity contribution is 0.0457. The Kier molecular flexibility index (Phi) is 4.92. The quantitative estimate of drug-likeness (QED) is 0.838. The normalized spacial score (nSPS) is 23.2. The van der Waals surface area contributed by atoms with Crippen LogP contribution in [-0.4, -0.2) is 48.6 Å². The lowest BCUT2D eigenvalue weighted by Gasteiger charge is -2.44. The van der Waals surface area contributed by atoms with E-state index in [0.717, 1.165) is 18.2 Å². The molecule has 3 nitrogen and oxygen atoms in total. The topological polar surface area (TPSA) is 32.5 Å². The number of benzene rings is 1. The summed E-state index contributed by atoms with van der Waals surface area (Å²) in [7, 11) is 0. The molecule has 2 N–H and O–H groups in total. The third kappa shape index (κ3) is 3.85. The third-order valence-corrected chi connectivity index (χ3v) is 4.59. The first kappa shape index (κ1) is 14.6. The molecule has 0 amide bonds. The molecule has 2 saturated heterocycles. The predicted molar refractivity (Wildman–Crippen MR) is 86.9 cm³/mol. The lowest BCUT2D eigenvalue weighted by atomic mass is 9.99. The number of hydrogen-bond donors (Lipinski definition) is 1. The maximum absolute atomic E-state index is 5.44. The maximum Gasteiger partial charge on any atom is 0.0555 e. The number of piperidine rings is 1. The van der Waals surface area contributed by atoms with Crippen molar-refractivity contribution in [1.29, 1.82) is 0 Å². The average Bonchev–Trinajstić information content (AvgIpc) is 2.53. The van der Waals surface area contributed by atoms with E-state index in [2.05, 4.69) is 45.9 Å². The molecule has 1 aromatic rings. The Morgan fingerprint density at radius 3 is 3.05 bits per heavy atom. The summed E-state index contributed by atoms with van der Waals surface area (Å²) in [6, 6.07) is 9.36. The second-order valence-corrected chi connectivity index (χ2v) is 6.13. The molecule has 1 atom stereocenters. The van der Waals surface area contributed by atoms with E-state index in [4.69, 9.17) is 5.73 Å². The monoisotopic (exact) mass is 283 g/mol. The predicted octanol–water partition coefficient (Wildman–Crippen LogP) is 1.67. The molecular weight excluding hydrogens is 258 g/mol. The molecule has 3 heteroatoms. The zero-order valence-electron chi connectivity index (χ0n) is 12.7. The molecule has 0 spiro atoms. The van der Waals surface area contributed by atoms with Crippen LogP contribution >= 0.6 is 0 Å². The van der Waals surface area contributed by atoms with Crippen LogP contribution in [0.3, 0.4) is 0 Å². The summed E-state index contributed by atoms with van der Waals surface area (Å²) in [6.07, 6.45) is 4.16. The summed E-state index contributed by atoms with van der Waals surface area (Å²) in [5.41, 5.74) is 7.88. The third-order valence-electron chi connectivity index (χ3n) is 4.59. The van der Waals surface area contributed by atoms with Crippen molar-refractivity contribution in [2.45, 2.75) is 31.8 Å². The molecule has 2 aliphatic rings. The molecule has 2 fully saturated rings. The molecule has 0 aromatic heterocycles. The Morgan fingerprint density at radius 2 is 2.14 bits per heavy atom. The first-order valence-electron chi connectivity index (χ1n) is 8.09. The molecule has 3 rings (SSSR count). The van der Waals surface area contributed by atoms with Crippen molar-refractivity contribution in [2.75, 3.05) is 32.7 Å². The largest absolute Gasteiger partial charge is 0.320 e. The van der Waals surface area contributed by atoms with Gasteiger partial charge in [0.15, 0.2) is 0 Å². The Balaban J connectivity index is 1.61. The summed E-state index contributed by atoms with van der Waals surface area (Å²) in [4.78, 5) is 5.28. The number of hydrogen-bond acceptors (Lipinski definition) is 3. The van der Waals surface area contributed by atoms with Gasteiger partial charge in [-0.25, -0.2) is 0 Å². The maximum atomic E-state index is 5.44. The summed E-state index contributed by atoms with van der Waals surface area (Å²) >= 11 is 0. The molecule has 2 aliphatic heterocycles. The molecule has 21 heavy (non-hydrogen) atoms. The summed E-state index contributed by atoms with van der Waals surface area (Å²) in [6.45, 7) is 6.42. The van der Waals surface area contributed by atoms with Gasteiger partial charge in [0.05, 0.1) is 6.54 Å². The standard InChI is InChI=1S/C18H25N3/c19-9-4-7-16-5-3-6-17(13-16)14-20-11-12-21-10-2-1-8-18(21)15-20/h3,5-6,13,18H,1-2,8-12,14-15,19H2. The Hall–Kier alpha value is -1.34. The smallest absolute Gasteiger partial charge is 0.0555 e. The number of nitrogens with two attached hydrogens (primary N) is 1. The van der Waals surface area contributed by atoms with Crippen LogP contribution in [0.2, 0.25) is 0 Å². The fourth-order valence-corrected chi connectivity index (χ4v) is 3.52. The van der Waals surface area contributed by atoms with Crippen molar-refractivity contribution in [3.63, 3.8) is 0 Å². The van der Waals surface area contributed by atoms with E-state index in [-0.39, 0.29) is 0 Å². The Labute approximate surface area is 128 Å². The highest BCUT2D eigenvalue weighted by molar-refractivity contribution is 5.37. The van der Waals surface area contributed by atoms with E-state index in [1.807, 2.05) is 0 Å². The van der Waals surface area contributed by atoms with Crippen LogP contribution in [0, 0.1) is 11.8 Å². The molecule has 0 saturated carbocycles. The first-order chi connectivity index (χ1) is 10.3. The highest BCUT2D eigenvalue weighted by Gasteiger charge is 2.28. The van der Waals surface area contributed by atoms with Crippen LogP contribution in [0.5, 0.6) is 0 Å². The Morgan fingerprint density at radius 1 is 1.19 bits per heavy atom. The number of piperazine rings is 1. The van der Waals surface area contributed by atoms with Crippen molar-refractivity contribution in [2.24, 2.45) is 5.73 Å². The summed E-state index contributed by atoms with van der Waals surface area (Å²) < 4.78 is 0. The first-order valence-corrected chi connectivity index (χ1v) is 8.09. The molecule has 0 radical (unpaired) electrons. The van der Waals surface area contributed by atoms with E-state index < -0.39 is 0 Å². The molecule has 2 heterocycles. The molecule has 0 aliphatic carbocycles. The van der Waals surface area contributed by atoms with Gasteiger partial charge in [-0.1, -0.05) is 30.4 Å². The number of fused-ring (bicyclic) bond motifs is 1. The second kappa shape index (κ2) is 7.09. The van der Waals surface area contributed by atoms with Crippen LogP contribution in [0.1, 0.15) is 30.4 Å². The SMILES string of the molecule is NCC#Cc1cccc(CN2CCN3CCCCC3C2)c1. The van der Waals surface area contributed by atoms with Crippen molar-refractivity contribution in [1.82, 2.24) is 9.80 Å². The highest BCUT2D eigenvalue weighted by Crippen LogP contribution is 2.22. The highest BCUT2D eigenvalue weighted by atomic mass is 15.3. The minimum atomic E-state index is 0.424. The zero-order valence-corrected chi connectivity index (χ0v) is 12.7. The van der Waals surface area contributed by atoms with Crippen molar-refractivity contribution in [3.8, 4) is 11.8 Å². The minimum absolute atomic E-state index is 0.424. The van der Waals surface area contributed by atoms with Crippen LogP contribution < -0.4 is 5.73 Å². The van der Waals surface area contributed by atoms with Crippen molar-refractivity contribution in [3.05, 3.63) is 35.4 Å². The number of nitrogens with zero attached hydrogens (tertiary/aromatic N) is 2. The van der Waals surface area contributed by atoms with E-state index in [0.29, 0.717) is 6.54 Å². The average molecular weight is 283 g/mol. The molecular formula is C18H25N3. The van der Waals surface area contributed by atoms with Gasteiger partial charge in [0.25, 0.3) is 0 Å². The van der Waals surface area contributed by atoms with Crippen LogP contribution in [0.4, 0.5) is 0 Å². The van der Waals surface area contributed by atoms with Crippen molar-refractivity contribution < 1.29 is 0 Å². The molecule has 112 valence electrons. The van der Waals surface area contributed by atoms with E-state index in [1.165, 1.54) is 51.0 Å². The second-order valence-electron chi connectivity index (χ2n) is 6.13. The number of rotatable bonds is 2. The van der Waals surface area contributed by atoms with Gasteiger partial charge in [0, 0.05) is 37.8 Å². The van der Waals surface area contributed by atoms with Gasteiger partial charge >= 0.3 is 0 Å². The van der Waals surface area contributed by atoms with Crippen LogP contribution in [-0.2, 0) is 6.54 Å². The fraction of sp³-hybridized carbons (Fsp3) is 0.556. The van der Waals surface area contributed by atoms with Gasteiger partial charge in [-0.15, -0.1) is 0 Å². The van der Waals surface area contributed by atoms with Crippen molar-refractivity contribution >= 4 is 0 Å². The minimum Gasteiger partial charge on any atom is -0.320 e. The van der Waals surface area contributed by atoms with E-state index in [1.54, 1.807) is 0 Å². The van der Waals surface area contributed by atoms with Gasteiger partial charge in [-0.05, 0) is 37.1 Å². The van der Waals surface area contributed by atoms with Gasteiger partial charge in [0.1, 0.15) is 0 Å². The lowest BCUT2D eigenvalue weighted by Crippen LogP contribution is -2.54. The van der Waals surface area contributed by atoms with Gasteiger partial charge < -0.3 is 5.73 Å². The van der Waals surface area contributed by atoms with E-state index in [9.17, 15) is 0 Å². The Bertz CT molecular complexity index is 529. The molecule has 1 unspecified atom stereocenters. The van der Waals surface area contributed by atoms with Crippen LogP contribution in [0.25, 0.3) is 0 Å². The van der Waals surface area contributed by atoms with E-state index >= 15 is 0 Å². The molecule has 0 bridgehead atoms. The van der Waals surface area contributed by atoms with Gasteiger partial charge in [-0.2, -0.15) is 0 Å². The van der Waals surface area contributed by atoms with Gasteiger partial charge in [0.2, 0.25) is 0 Å². The fourth-order valence-electron chi connectivity index (χ4n) is 3.52. The summed E-state index contributed by atoms with van der Waals surface area (Å²) in [5.74, 6) is 6.06.